The van der Waals surface area contributed by atoms with E-state index in [4.69, 9.17) is 4.74 Å². The van der Waals surface area contributed by atoms with Crippen molar-refractivity contribution >= 4 is 18.0 Å². The van der Waals surface area contributed by atoms with E-state index in [0.717, 1.165) is 4.90 Å². The van der Waals surface area contributed by atoms with Gasteiger partial charge in [0.2, 0.25) is 0 Å². The Morgan fingerprint density at radius 2 is 2.00 bits per heavy atom. The van der Waals surface area contributed by atoms with Crippen molar-refractivity contribution in [1.29, 1.82) is 0 Å². The van der Waals surface area contributed by atoms with Gasteiger partial charge in [-0.2, -0.15) is 0 Å². The van der Waals surface area contributed by atoms with Crippen LogP contribution in [0.4, 0.5) is 4.79 Å². The topological polar surface area (TPSA) is 65.5 Å². The van der Waals surface area contributed by atoms with Crippen molar-refractivity contribution in [2.24, 2.45) is 4.99 Å². The van der Waals surface area contributed by atoms with E-state index in [0.29, 0.717) is 12.6 Å². The molecule has 0 saturated carbocycles. The minimum Gasteiger partial charge on any atom is -0.461 e. The maximum atomic E-state index is 12.1. The van der Waals surface area contributed by atoms with Crippen LogP contribution < -0.4 is 0 Å². The highest BCUT2D eigenvalue weighted by Crippen LogP contribution is 2.25. The van der Waals surface area contributed by atoms with Crippen molar-refractivity contribution in [1.82, 2.24) is 14.7 Å². The molecule has 0 aromatic heterocycles. The lowest BCUT2D eigenvalue weighted by Gasteiger charge is -2.38. The third-order valence-corrected chi connectivity index (χ3v) is 3.14. The number of carbonyl (C=O) groups excluding carboxylic acids is 2. The highest BCUT2D eigenvalue weighted by Gasteiger charge is 2.50. The summed E-state index contributed by atoms with van der Waals surface area (Å²) in [6, 6.07) is -0.519. The molecule has 7 nitrogen and oxygen atoms in total. The standard InChI is InChI=1S/C11H16N4O3/c1-5-6-18-10-12-8-7(13(10)2)9(16)15(4)11(17)14(8)3/h5,7-8H,1,6H2,2-4H3/t7-,8-/m1/s1. The van der Waals surface area contributed by atoms with Crippen LogP contribution in [-0.4, -0.2) is 72.6 Å². The average molecular weight is 252 g/mol. The number of rotatable bonds is 2. The molecule has 2 atom stereocenters. The number of ether oxygens (including phenoxy) is 1. The minimum absolute atomic E-state index is 0.272. The van der Waals surface area contributed by atoms with Crippen molar-refractivity contribution in [2.75, 3.05) is 27.7 Å². The number of amides is 3. The fraction of sp³-hybridized carbons (Fsp3) is 0.545. The Morgan fingerprint density at radius 1 is 1.33 bits per heavy atom. The van der Waals surface area contributed by atoms with Crippen molar-refractivity contribution in [2.45, 2.75) is 12.2 Å². The molecular formula is C11H16N4O3. The fourth-order valence-corrected chi connectivity index (χ4v) is 2.10. The van der Waals surface area contributed by atoms with Crippen molar-refractivity contribution in [3.8, 4) is 0 Å². The second-order valence-corrected chi connectivity index (χ2v) is 4.27. The van der Waals surface area contributed by atoms with Gasteiger partial charge in [-0.1, -0.05) is 12.7 Å². The quantitative estimate of drug-likeness (QED) is 0.633. The van der Waals surface area contributed by atoms with Crippen LogP contribution in [0.25, 0.3) is 0 Å². The summed E-state index contributed by atoms with van der Waals surface area (Å²) in [6.45, 7) is 3.86. The molecule has 2 aliphatic rings. The van der Waals surface area contributed by atoms with Crippen LogP contribution in [0, 0.1) is 0 Å². The number of imide groups is 1. The van der Waals surface area contributed by atoms with Crippen LogP contribution in [-0.2, 0) is 9.53 Å². The molecule has 18 heavy (non-hydrogen) atoms. The van der Waals surface area contributed by atoms with Gasteiger partial charge >= 0.3 is 6.03 Å². The molecule has 2 aliphatic heterocycles. The number of likely N-dealkylation sites (N-methyl/N-ethyl adjacent to an activating group) is 3. The van der Waals surface area contributed by atoms with Gasteiger partial charge in [0.25, 0.3) is 11.9 Å². The van der Waals surface area contributed by atoms with Gasteiger partial charge in [0.15, 0.2) is 12.2 Å². The van der Waals surface area contributed by atoms with Gasteiger partial charge in [-0.05, 0) is 0 Å². The van der Waals surface area contributed by atoms with E-state index in [1.165, 1.54) is 11.9 Å². The fourth-order valence-electron chi connectivity index (χ4n) is 2.10. The normalized spacial score (nSPS) is 27.3. The van der Waals surface area contributed by atoms with E-state index in [1.807, 2.05) is 0 Å². The van der Waals surface area contributed by atoms with Gasteiger partial charge in [-0.25, -0.2) is 9.79 Å². The van der Waals surface area contributed by atoms with Crippen LogP contribution in [0.5, 0.6) is 0 Å². The molecule has 3 amide bonds. The predicted octanol–water partition coefficient (Wildman–Crippen LogP) is -0.291. The van der Waals surface area contributed by atoms with Gasteiger partial charge < -0.3 is 14.5 Å². The van der Waals surface area contributed by atoms with Crippen LogP contribution in [0.1, 0.15) is 0 Å². The summed E-state index contributed by atoms with van der Waals surface area (Å²) >= 11 is 0. The maximum Gasteiger partial charge on any atom is 0.328 e. The summed E-state index contributed by atoms with van der Waals surface area (Å²) in [5, 5.41) is 0. The largest absolute Gasteiger partial charge is 0.461 e. The second-order valence-electron chi connectivity index (χ2n) is 4.27. The van der Waals surface area contributed by atoms with E-state index < -0.39 is 12.2 Å². The highest BCUT2D eigenvalue weighted by molar-refractivity contribution is 6.02. The Bertz CT molecular complexity index is 434. The molecular weight excluding hydrogens is 236 g/mol. The van der Waals surface area contributed by atoms with E-state index in [-0.39, 0.29) is 11.9 Å². The maximum absolute atomic E-state index is 12.1. The van der Waals surface area contributed by atoms with Crippen LogP contribution in [0.15, 0.2) is 17.6 Å². The van der Waals surface area contributed by atoms with Crippen molar-refractivity contribution < 1.29 is 14.3 Å². The molecule has 0 spiro atoms. The number of hydrogen-bond acceptors (Lipinski definition) is 5. The molecule has 0 aromatic carbocycles. The lowest BCUT2D eigenvalue weighted by Crippen LogP contribution is -2.63. The predicted molar refractivity (Wildman–Crippen MR) is 64.9 cm³/mol. The Kier molecular flexibility index (Phi) is 2.98. The van der Waals surface area contributed by atoms with Crippen LogP contribution in [0.3, 0.4) is 0 Å². The SMILES string of the molecule is C=CCOC1=N[C@H]2[C@H](C(=O)N(C)C(=O)N2C)N1C. The second kappa shape index (κ2) is 4.32. The smallest absolute Gasteiger partial charge is 0.328 e. The van der Waals surface area contributed by atoms with Crippen LogP contribution >= 0.6 is 0 Å². The molecule has 0 bridgehead atoms. The summed E-state index contributed by atoms with van der Waals surface area (Å²) in [6.07, 6.45) is 1.08. The van der Waals surface area contributed by atoms with Crippen molar-refractivity contribution in [3.63, 3.8) is 0 Å². The molecule has 0 N–H and O–H groups in total. The zero-order valence-corrected chi connectivity index (χ0v) is 10.7. The summed E-state index contributed by atoms with van der Waals surface area (Å²) in [5.41, 5.74) is 0. The number of nitrogens with zero attached hydrogens (tertiary/aromatic N) is 4. The van der Waals surface area contributed by atoms with Gasteiger partial charge in [0, 0.05) is 21.1 Å². The summed E-state index contributed by atoms with van der Waals surface area (Å²) in [4.78, 5) is 32.3. The number of fused-ring (bicyclic) bond motifs is 1. The number of hydrogen-bond donors (Lipinski definition) is 0. The minimum atomic E-state index is -0.522. The first-order valence-electron chi connectivity index (χ1n) is 5.57. The molecule has 2 heterocycles. The number of amidine groups is 1. The lowest BCUT2D eigenvalue weighted by atomic mass is 10.1. The molecule has 1 saturated heterocycles. The third kappa shape index (κ3) is 1.62. The zero-order valence-electron chi connectivity index (χ0n) is 10.7. The van der Waals surface area contributed by atoms with E-state index in [2.05, 4.69) is 11.6 Å². The molecule has 0 radical (unpaired) electrons. The monoisotopic (exact) mass is 252 g/mol. The first-order valence-corrected chi connectivity index (χ1v) is 5.57. The molecule has 0 aliphatic carbocycles. The Morgan fingerprint density at radius 3 is 2.61 bits per heavy atom. The van der Waals surface area contributed by atoms with Gasteiger partial charge in [-0.3, -0.25) is 9.69 Å². The first-order chi connectivity index (χ1) is 8.49. The Balaban J connectivity index is 2.27. The van der Waals surface area contributed by atoms with E-state index >= 15 is 0 Å². The van der Waals surface area contributed by atoms with Gasteiger partial charge in [-0.15, -0.1) is 0 Å². The Hall–Kier alpha value is -2.05. The number of urea groups is 1. The third-order valence-electron chi connectivity index (χ3n) is 3.14. The van der Waals surface area contributed by atoms with Gasteiger partial charge in [0.05, 0.1) is 0 Å². The lowest BCUT2D eigenvalue weighted by molar-refractivity contribution is -0.135. The number of aliphatic imine (C=N–C) groups is 1. The summed E-state index contributed by atoms with van der Waals surface area (Å²) in [5.74, 6) is -0.272. The first kappa shape index (κ1) is 12.4. The van der Waals surface area contributed by atoms with E-state index in [1.54, 1.807) is 25.1 Å². The molecule has 7 heteroatoms. The molecule has 98 valence electrons. The molecule has 0 aromatic rings. The molecule has 2 rings (SSSR count). The number of carbonyl (C=O) groups is 2. The summed E-state index contributed by atoms with van der Waals surface area (Å²) < 4.78 is 5.37. The van der Waals surface area contributed by atoms with Crippen LogP contribution in [0.2, 0.25) is 0 Å². The molecule has 1 fully saturated rings. The van der Waals surface area contributed by atoms with Gasteiger partial charge in [0.1, 0.15) is 6.61 Å². The van der Waals surface area contributed by atoms with E-state index in [9.17, 15) is 9.59 Å². The van der Waals surface area contributed by atoms with Crippen molar-refractivity contribution in [3.05, 3.63) is 12.7 Å². The molecule has 0 unspecified atom stereocenters. The summed E-state index contributed by atoms with van der Waals surface area (Å²) in [7, 11) is 4.81. The Labute approximate surface area is 105 Å². The highest BCUT2D eigenvalue weighted by atomic mass is 16.5. The average Bonchev–Trinajstić information content (AvgIpc) is 2.69. The zero-order chi connectivity index (χ0) is 13.4.